The summed E-state index contributed by atoms with van der Waals surface area (Å²) in [5.41, 5.74) is 1.03. The summed E-state index contributed by atoms with van der Waals surface area (Å²) in [6.45, 7) is 5.19. The molecule has 0 heterocycles. The SMILES string of the molecule is CCCCNC(C)c1ccc(F)c(Cl)c1. The highest BCUT2D eigenvalue weighted by Crippen LogP contribution is 2.20. The Labute approximate surface area is 95.6 Å². The highest BCUT2D eigenvalue weighted by atomic mass is 35.5. The summed E-state index contributed by atoms with van der Waals surface area (Å²) in [6, 6.07) is 5.08. The van der Waals surface area contributed by atoms with Crippen LogP contribution < -0.4 is 5.32 Å². The Balaban J connectivity index is 2.57. The molecule has 3 heteroatoms. The number of unbranched alkanes of at least 4 members (excludes halogenated alkanes) is 1. The van der Waals surface area contributed by atoms with Gasteiger partial charge in [0.25, 0.3) is 0 Å². The highest BCUT2D eigenvalue weighted by Gasteiger charge is 2.06. The second kappa shape index (κ2) is 6.09. The van der Waals surface area contributed by atoms with Gasteiger partial charge in [0.1, 0.15) is 5.82 Å². The van der Waals surface area contributed by atoms with Crippen molar-refractivity contribution < 1.29 is 4.39 Å². The number of nitrogens with one attached hydrogen (secondary N) is 1. The first-order valence-electron chi connectivity index (χ1n) is 5.33. The Morgan fingerprint density at radius 2 is 2.20 bits per heavy atom. The van der Waals surface area contributed by atoms with Crippen LogP contribution in [0.15, 0.2) is 18.2 Å². The largest absolute Gasteiger partial charge is 0.310 e. The molecule has 0 fully saturated rings. The Kier molecular flexibility index (Phi) is 5.06. The van der Waals surface area contributed by atoms with E-state index in [0.717, 1.165) is 18.5 Å². The lowest BCUT2D eigenvalue weighted by molar-refractivity contribution is 0.552. The number of rotatable bonds is 5. The van der Waals surface area contributed by atoms with Crippen molar-refractivity contribution in [1.29, 1.82) is 0 Å². The number of hydrogen-bond acceptors (Lipinski definition) is 1. The lowest BCUT2D eigenvalue weighted by Crippen LogP contribution is -2.19. The van der Waals surface area contributed by atoms with Crippen LogP contribution in [-0.4, -0.2) is 6.54 Å². The van der Waals surface area contributed by atoms with E-state index < -0.39 is 0 Å². The van der Waals surface area contributed by atoms with Gasteiger partial charge in [0.05, 0.1) is 5.02 Å². The standard InChI is InChI=1S/C12H17ClFN/c1-3-4-7-15-9(2)10-5-6-12(14)11(13)8-10/h5-6,8-9,15H,3-4,7H2,1-2H3. The zero-order chi connectivity index (χ0) is 11.3. The molecule has 1 rings (SSSR count). The summed E-state index contributed by atoms with van der Waals surface area (Å²) >= 11 is 5.72. The monoisotopic (exact) mass is 229 g/mol. The highest BCUT2D eigenvalue weighted by molar-refractivity contribution is 6.30. The molecule has 0 saturated carbocycles. The minimum Gasteiger partial charge on any atom is -0.310 e. The van der Waals surface area contributed by atoms with E-state index in [9.17, 15) is 4.39 Å². The van der Waals surface area contributed by atoms with Crippen LogP contribution in [0.4, 0.5) is 4.39 Å². The van der Waals surface area contributed by atoms with Gasteiger partial charge in [-0.2, -0.15) is 0 Å². The van der Waals surface area contributed by atoms with E-state index in [1.54, 1.807) is 12.1 Å². The fourth-order valence-electron chi connectivity index (χ4n) is 1.39. The van der Waals surface area contributed by atoms with Crippen LogP contribution in [0.5, 0.6) is 0 Å². The quantitative estimate of drug-likeness (QED) is 0.755. The molecule has 0 aliphatic rings. The van der Waals surface area contributed by atoms with Gasteiger partial charge in [-0.1, -0.05) is 31.0 Å². The first kappa shape index (κ1) is 12.5. The Morgan fingerprint density at radius 3 is 2.80 bits per heavy atom. The van der Waals surface area contributed by atoms with Crippen LogP contribution in [0.25, 0.3) is 0 Å². The molecule has 1 aromatic rings. The van der Waals surface area contributed by atoms with Crippen molar-refractivity contribution in [3.05, 3.63) is 34.6 Å². The van der Waals surface area contributed by atoms with E-state index in [0.29, 0.717) is 0 Å². The summed E-state index contributed by atoms with van der Waals surface area (Å²) in [6.07, 6.45) is 2.32. The molecule has 0 radical (unpaired) electrons. The molecule has 0 aromatic heterocycles. The third kappa shape index (κ3) is 3.80. The van der Waals surface area contributed by atoms with Gasteiger partial charge in [0, 0.05) is 6.04 Å². The van der Waals surface area contributed by atoms with Crippen molar-refractivity contribution >= 4 is 11.6 Å². The summed E-state index contributed by atoms with van der Waals surface area (Å²) in [5, 5.41) is 3.56. The Bertz CT molecular complexity index is 314. The second-order valence-electron chi connectivity index (χ2n) is 3.70. The van der Waals surface area contributed by atoms with Crippen LogP contribution in [0, 0.1) is 5.82 Å². The van der Waals surface area contributed by atoms with Crippen molar-refractivity contribution in [3.63, 3.8) is 0 Å². The molecule has 0 bridgehead atoms. The molecule has 1 N–H and O–H groups in total. The topological polar surface area (TPSA) is 12.0 Å². The van der Waals surface area contributed by atoms with Gasteiger partial charge >= 0.3 is 0 Å². The number of halogens is 2. The normalized spacial score (nSPS) is 12.8. The molecule has 1 unspecified atom stereocenters. The number of hydrogen-bond donors (Lipinski definition) is 1. The fourth-order valence-corrected chi connectivity index (χ4v) is 1.58. The van der Waals surface area contributed by atoms with Crippen LogP contribution in [0.1, 0.15) is 38.3 Å². The van der Waals surface area contributed by atoms with E-state index in [1.165, 1.54) is 12.5 Å². The Morgan fingerprint density at radius 1 is 1.47 bits per heavy atom. The molecule has 0 aliphatic carbocycles. The molecular formula is C12H17ClFN. The zero-order valence-corrected chi connectivity index (χ0v) is 9.94. The van der Waals surface area contributed by atoms with Crippen molar-refractivity contribution in [2.75, 3.05) is 6.54 Å². The molecule has 84 valence electrons. The maximum Gasteiger partial charge on any atom is 0.141 e. The molecule has 0 amide bonds. The molecule has 0 saturated heterocycles. The van der Waals surface area contributed by atoms with Crippen LogP contribution in [-0.2, 0) is 0 Å². The lowest BCUT2D eigenvalue weighted by atomic mass is 10.1. The van der Waals surface area contributed by atoms with E-state index in [4.69, 9.17) is 11.6 Å². The first-order chi connectivity index (χ1) is 7.15. The zero-order valence-electron chi connectivity index (χ0n) is 9.19. The molecular weight excluding hydrogens is 213 g/mol. The molecule has 1 aromatic carbocycles. The van der Waals surface area contributed by atoms with Gasteiger partial charge in [-0.25, -0.2) is 4.39 Å². The molecule has 15 heavy (non-hydrogen) atoms. The molecule has 0 spiro atoms. The average molecular weight is 230 g/mol. The predicted molar refractivity (Wildman–Crippen MR) is 62.7 cm³/mol. The average Bonchev–Trinajstić information content (AvgIpc) is 2.22. The maximum atomic E-state index is 12.9. The van der Waals surface area contributed by atoms with Crippen molar-refractivity contribution in [2.24, 2.45) is 0 Å². The van der Waals surface area contributed by atoms with Crippen LogP contribution in [0.3, 0.4) is 0 Å². The third-order valence-corrected chi connectivity index (χ3v) is 2.71. The van der Waals surface area contributed by atoms with E-state index in [2.05, 4.69) is 19.2 Å². The predicted octanol–water partition coefficient (Wildman–Crippen LogP) is 3.93. The van der Waals surface area contributed by atoms with Crippen LogP contribution in [0.2, 0.25) is 5.02 Å². The maximum absolute atomic E-state index is 12.9. The third-order valence-electron chi connectivity index (χ3n) is 2.42. The van der Waals surface area contributed by atoms with Gasteiger partial charge in [-0.15, -0.1) is 0 Å². The first-order valence-corrected chi connectivity index (χ1v) is 5.71. The van der Waals surface area contributed by atoms with Gasteiger partial charge in [0.15, 0.2) is 0 Å². The minimum atomic E-state index is -0.360. The summed E-state index contributed by atoms with van der Waals surface area (Å²) < 4.78 is 12.9. The van der Waals surface area contributed by atoms with Crippen LogP contribution >= 0.6 is 11.6 Å². The van der Waals surface area contributed by atoms with Gasteiger partial charge in [-0.05, 0) is 37.6 Å². The lowest BCUT2D eigenvalue weighted by Gasteiger charge is -2.14. The van der Waals surface area contributed by atoms with Gasteiger partial charge in [-0.3, -0.25) is 0 Å². The molecule has 1 atom stereocenters. The summed E-state index contributed by atoms with van der Waals surface area (Å²) in [5.74, 6) is -0.360. The second-order valence-corrected chi connectivity index (χ2v) is 4.11. The van der Waals surface area contributed by atoms with Crippen molar-refractivity contribution in [3.8, 4) is 0 Å². The fraction of sp³-hybridized carbons (Fsp3) is 0.500. The summed E-state index contributed by atoms with van der Waals surface area (Å²) in [4.78, 5) is 0. The van der Waals surface area contributed by atoms with E-state index in [-0.39, 0.29) is 16.9 Å². The molecule has 1 nitrogen and oxygen atoms in total. The van der Waals surface area contributed by atoms with E-state index in [1.807, 2.05) is 0 Å². The van der Waals surface area contributed by atoms with Crippen molar-refractivity contribution in [1.82, 2.24) is 5.32 Å². The molecule has 0 aliphatic heterocycles. The number of benzene rings is 1. The van der Waals surface area contributed by atoms with Gasteiger partial charge < -0.3 is 5.32 Å². The minimum absolute atomic E-state index is 0.191. The van der Waals surface area contributed by atoms with Crippen molar-refractivity contribution in [2.45, 2.75) is 32.7 Å². The van der Waals surface area contributed by atoms with Gasteiger partial charge in [0.2, 0.25) is 0 Å². The summed E-state index contributed by atoms with van der Waals surface area (Å²) in [7, 11) is 0. The smallest absolute Gasteiger partial charge is 0.141 e. The van der Waals surface area contributed by atoms with E-state index >= 15 is 0 Å². The Hall–Kier alpha value is -0.600.